The summed E-state index contributed by atoms with van der Waals surface area (Å²) < 4.78 is 38.7. The van der Waals surface area contributed by atoms with E-state index in [1.165, 1.54) is 24.3 Å². The van der Waals surface area contributed by atoms with Gasteiger partial charge in [-0.3, -0.25) is 9.52 Å². The maximum absolute atomic E-state index is 12.6. The number of anilines is 2. The lowest BCUT2D eigenvalue weighted by Gasteiger charge is -2.15. The Labute approximate surface area is 192 Å². The van der Waals surface area contributed by atoms with Crippen molar-refractivity contribution in [3.8, 4) is 11.5 Å². The van der Waals surface area contributed by atoms with Gasteiger partial charge in [0.05, 0.1) is 11.5 Å². The first kappa shape index (κ1) is 23.4. The highest BCUT2D eigenvalue weighted by Crippen LogP contribution is 2.22. The van der Waals surface area contributed by atoms with Gasteiger partial charge < -0.3 is 14.8 Å². The number of carbonyl (C=O) groups excluding carboxylic acids is 1. The third-order valence-corrected chi connectivity index (χ3v) is 5.96. The van der Waals surface area contributed by atoms with Gasteiger partial charge in [0.25, 0.3) is 15.9 Å². The number of ether oxygens (including phenoxy) is 2. The van der Waals surface area contributed by atoms with E-state index in [9.17, 15) is 13.2 Å². The molecule has 168 valence electrons. The largest absolute Gasteiger partial charge is 0.494 e. The molecule has 1 unspecified atom stereocenters. The molecule has 3 rings (SSSR count). The number of amides is 1. The van der Waals surface area contributed by atoms with Crippen molar-refractivity contribution in [3.05, 3.63) is 77.8 Å². The molecule has 0 heterocycles. The predicted octanol–water partition coefficient (Wildman–Crippen LogP) is 4.95. The highest BCUT2D eigenvalue weighted by molar-refractivity contribution is 7.92. The fraction of sp³-hybridized carbons (Fsp3) is 0.174. The molecule has 0 fully saturated rings. The van der Waals surface area contributed by atoms with Crippen molar-refractivity contribution in [2.75, 3.05) is 16.6 Å². The van der Waals surface area contributed by atoms with Crippen molar-refractivity contribution >= 4 is 38.9 Å². The van der Waals surface area contributed by atoms with Crippen LogP contribution >= 0.6 is 11.6 Å². The average Bonchev–Trinajstić information content (AvgIpc) is 2.75. The first-order valence-corrected chi connectivity index (χ1v) is 11.7. The summed E-state index contributed by atoms with van der Waals surface area (Å²) in [4.78, 5) is 12.5. The zero-order valence-electron chi connectivity index (χ0n) is 17.5. The van der Waals surface area contributed by atoms with Crippen molar-refractivity contribution in [2.45, 2.75) is 24.8 Å². The van der Waals surface area contributed by atoms with E-state index in [4.69, 9.17) is 21.1 Å². The van der Waals surface area contributed by atoms with Gasteiger partial charge in [-0.2, -0.15) is 0 Å². The third kappa shape index (κ3) is 6.38. The Hall–Kier alpha value is -3.23. The molecule has 32 heavy (non-hydrogen) atoms. The Balaban J connectivity index is 1.61. The van der Waals surface area contributed by atoms with Crippen LogP contribution in [0.2, 0.25) is 5.02 Å². The van der Waals surface area contributed by atoms with Gasteiger partial charge in [-0.1, -0.05) is 17.7 Å². The van der Waals surface area contributed by atoms with E-state index in [1.54, 1.807) is 55.5 Å². The Bertz CT molecular complexity index is 1170. The highest BCUT2D eigenvalue weighted by Gasteiger charge is 2.17. The van der Waals surface area contributed by atoms with Gasteiger partial charge in [0, 0.05) is 16.4 Å². The molecule has 1 atom stereocenters. The summed E-state index contributed by atoms with van der Waals surface area (Å²) in [5.74, 6) is 0.749. The van der Waals surface area contributed by atoms with Crippen LogP contribution < -0.4 is 19.5 Å². The zero-order chi connectivity index (χ0) is 23.1. The molecule has 0 aliphatic carbocycles. The van der Waals surface area contributed by atoms with Gasteiger partial charge in [0.1, 0.15) is 11.5 Å². The molecule has 0 aliphatic rings. The lowest BCUT2D eigenvalue weighted by molar-refractivity contribution is -0.122. The number of nitrogens with one attached hydrogen (secondary N) is 2. The van der Waals surface area contributed by atoms with Crippen molar-refractivity contribution in [2.24, 2.45) is 0 Å². The summed E-state index contributed by atoms with van der Waals surface area (Å²) in [5.41, 5.74) is 0.856. The van der Waals surface area contributed by atoms with Crippen LogP contribution in [0.1, 0.15) is 13.8 Å². The van der Waals surface area contributed by atoms with Gasteiger partial charge in [0.2, 0.25) is 0 Å². The second kappa shape index (κ2) is 10.4. The maximum atomic E-state index is 12.6. The van der Waals surface area contributed by atoms with Crippen LogP contribution in [0.5, 0.6) is 11.5 Å². The summed E-state index contributed by atoms with van der Waals surface area (Å²) in [6.45, 7) is 4.00. The fourth-order valence-corrected chi connectivity index (χ4v) is 4.00. The number of sulfonamides is 1. The van der Waals surface area contributed by atoms with Gasteiger partial charge in [0.15, 0.2) is 6.10 Å². The second-order valence-electron chi connectivity index (χ2n) is 6.79. The van der Waals surface area contributed by atoms with Crippen LogP contribution in [0, 0.1) is 0 Å². The van der Waals surface area contributed by atoms with Gasteiger partial charge in [-0.25, -0.2) is 8.42 Å². The second-order valence-corrected chi connectivity index (χ2v) is 8.91. The molecule has 0 spiro atoms. The summed E-state index contributed by atoms with van der Waals surface area (Å²) in [6, 6.07) is 19.2. The van der Waals surface area contributed by atoms with Crippen LogP contribution in [0.25, 0.3) is 0 Å². The zero-order valence-corrected chi connectivity index (χ0v) is 19.1. The molecule has 0 radical (unpaired) electrons. The summed E-state index contributed by atoms with van der Waals surface area (Å²) in [7, 11) is -3.79. The number of rotatable bonds is 9. The number of carbonyl (C=O) groups is 1. The van der Waals surface area contributed by atoms with Crippen LogP contribution in [-0.4, -0.2) is 27.0 Å². The molecule has 0 saturated heterocycles. The number of halogens is 1. The van der Waals surface area contributed by atoms with E-state index >= 15 is 0 Å². The van der Waals surface area contributed by atoms with Crippen LogP contribution in [0.3, 0.4) is 0 Å². The topological polar surface area (TPSA) is 93.7 Å². The Kier molecular flexibility index (Phi) is 7.61. The van der Waals surface area contributed by atoms with Crippen molar-refractivity contribution in [3.63, 3.8) is 0 Å². The monoisotopic (exact) mass is 474 g/mol. The van der Waals surface area contributed by atoms with Crippen molar-refractivity contribution < 1.29 is 22.7 Å². The third-order valence-electron chi connectivity index (χ3n) is 4.33. The van der Waals surface area contributed by atoms with E-state index < -0.39 is 16.1 Å². The minimum atomic E-state index is -3.79. The SMILES string of the molecule is CCOc1ccc(NS(=O)(=O)c2ccc(NC(=O)C(C)Oc3cccc(Cl)c3)cc2)cc1. The van der Waals surface area contributed by atoms with Gasteiger partial charge in [-0.05, 0) is 80.6 Å². The van der Waals surface area contributed by atoms with E-state index in [0.717, 1.165) is 0 Å². The Morgan fingerprint density at radius 2 is 1.62 bits per heavy atom. The van der Waals surface area contributed by atoms with Crippen LogP contribution in [0.15, 0.2) is 77.7 Å². The smallest absolute Gasteiger partial charge is 0.265 e. The number of hydrogen-bond donors (Lipinski definition) is 2. The van der Waals surface area contributed by atoms with E-state index in [1.807, 2.05) is 6.92 Å². The Morgan fingerprint density at radius 3 is 2.25 bits per heavy atom. The fourth-order valence-electron chi connectivity index (χ4n) is 2.76. The highest BCUT2D eigenvalue weighted by atomic mass is 35.5. The first-order valence-electron chi connectivity index (χ1n) is 9.85. The normalized spacial score (nSPS) is 12.0. The van der Waals surface area contributed by atoms with E-state index in [2.05, 4.69) is 10.0 Å². The summed E-state index contributed by atoms with van der Waals surface area (Å²) in [5, 5.41) is 3.20. The molecule has 0 aliphatic heterocycles. The van der Waals surface area contributed by atoms with Crippen molar-refractivity contribution in [1.29, 1.82) is 0 Å². The first-order chi connectivity index (χ1) is 15.3. The molecule has 0 aromatic heterocycles. The Morgan fingerprint density at radius 1 is 0.969 bits per heavy atom. The molecular weight excluding hydrogens is 452 g/mol. The minimum absolute atomic E-state index is 0.0626. The summed E-state index contributed by atoms with van der Waals surface area (Å²) in [6.07, 6.45) is -0.779. The molecule has 7 nitrogen and oxygen atoms in total. The number of benzene rings is 3. The van der Waals surface area contributed by atoms with E-state index in [-0.39, 0.29) is 10.8 Å². The molecular formula is C23H23ClN2O5S. The molecule has 9 heteroatoms. The summed E-state index contributed by atoms with van der Waals surface area (Å²) >= 11 is 5.92. The lowest BCUT2D eigenvalue weighted by atomic mass is 10.3. The van der Waals surface area contributed by atoms with Crippen LogP contribution in [-0.2, 0) is 14.8 Å². The maximum Gasteiger partial charge on any atom is 0.265 e. The minimum Gasteiger partial charge on any atom is -0.494 e. The van der Waals surface area contributed by atoms with Gasteiger partial charge >= 0.3 is 0 Å². The van der Waals surface area contributed by atoms with Gasteiger partial charge in [-0.15, -0.1) is 0 Å². The van der Waals surface area contributed by atoms with Crippen molar-refractivity contribution in [1.82, 2.24) is 0 Å². The predicted molar refractivity (Wildman–Crippen MR) is 125 cm³/mol. The molecule has 0 bridgehead atoms. The molecule has 1 amide bonds. The average molecular weight is 475 g/mol. The quantitative estimate of drug-likeness (QED) is 0.458. The lowest BCUT2D eigenvalue weighted by Crippen LogP contribution is -2.30. The molecule has 3 aromatic carbocycles. The molecule has 2 N–H and O–H groups in total. The molecule has 0 saturated carbocycles. The van der Waals surface area contributed by atoms with Crippen LogP contribution in [0.4, 0.5) is 11.4 Å². The standard InChI is InChI=1S/C23H23ClN2O5S/c1-3-30-20-11-7-19(8-12-20)26-32(28,29)22-13-9-18(10-14-22)25-23(27)16(2)31-21-6-4-5-17(24)15-21/h4-16,26H,3H2,1-2H3,(H,25,27). The van der Waals surface area contributed by atoms with E-state index in [0.29, 0.717) is 34.5 Å². The molecule has 3 aromatic rings. The number of hydrogen-bond acceptors (Lipinski definition) is 5.